The summed E-state index contributed by atoms with van der Waals surface area (Å²) in [7, 11) is 0. The van der Waals surface area contributed by atoms with Crippen LogP contribution < -0.4 is 0 Å². The average Bonchev–Trinajstić information content (AvgIpc) is 2.58. The van der Waals surface area contributed by atoms with Gasteiger partial charge in [0, 0.05) is 18.7 Å². The lowest BCUT2D eigenvalue weighted by Crippen LogP contribution is -2.35. The molecule has 2 aromatic carbocycles. The first-order chi connectivity index (χ1) is 11.1. The molecule has 1 amide bonds. The topological polar surface area (TPSA) is 44.1 Å². The molecular formula is C20H20N2O. The van der Waals surface area contributed by atoms with Gasteiger partial charge in [-0.25, -0.2) is 0 Å². The molecule has 2 rings (SSSR count). The molecule has 0 unspecified atom stereocenters. The van der Waals surface area contributed by atoms with Gasteiger partial charge in [-0.2, -0.15) is 5.26 Å². The molecule has 0 saturated heterocycles. The number of rotatable bonds is 5. The minimum atomic E-state index is -0.0202. The normalized spacial score (nSPS) is 10.7. The zero-order valence-corrected chi connectivity index (χ0v) is 13.4. The fourth-order valence-electron chi connectivity index (χ4n) is 2.22. The summed E-state index contributed by atoms with van der Waals surface area (Å²) in [4.78, 5) is 14.3. The van der Waals surface area contributed by atoms with Crippen molar-refractivity contribution in [2.45, 2.75) is 26.4 Å². The van der Waals surface area contributed by atoms with Crippen LogP contribution in [0, 0.1) is 11.3 Å². The standard InChI is InChI=1S/C20H20N2O/c1-16(2)22(15-19-10-8-18(14-21)9-11-19)20(23)13-12-17-6-4-3-5-7-17/h3-13,16H,15H2,1-2H3/b13-12+. The predicted octanol–water partition coefficient (Wildman–Crippen LogP) is 4.01. The van der Waals surface area contributed by atoms with Crippen LogP contribution in [0.25, 0.3) is 6.08 Å². The van der Waals surface area contributed by atoms with Crippen LogP contribution in [0.2, 0.25) is 0 Å². The minimum absolute atomic E-state index is 0.0202. The van der Waals surface area contributed by atoms with E-state index in [9.17, 15) is 4.79 Å². The Hall–Kier alpha value is -2.86. The maximum absolute atomic E-state index is 12.5. The van der Waals surface area contributed by atoms with Gasteiger partial charge in [-0.1, -0.05) is 42.5 Å². The number of nitriles is 1. The van der Waals surface area contributed by atoms with Gasteiger partial charge in [0.15, 0.2) is 0 Å². The largest absolute Gasteiger partial charge is 0.332 e. The van der Waals surface area contributed by atoms with Crippen molar-refractivity contribution in [1.29, 1.82) is 5.26 Å². The van der Waals surface area contributed by atoms with Crippen LogP contribution in [0.3, 0.4) is 0 Å². The van der Waals surface area contributed by atoms with Crippen LogP contribution in [0.1, 0.15) is 30.5 Å². The third kappa shape index (κ3) is 4.82. The van der Waals surface area contributed by atoms with Gasteiger partial charge in [-0.05, 0) is 43.2 Å². The van der Waals surface area contributed by atoms with E-state index in [-0.39, 0.29) is 11.9 Å². The van der Waals surface area contributed by atoms with E-state index < -0.39 is 0 Å². The van der Waals surface area contributed by atoms with Gasteiger partial charge in [0.25, 0.3) is 0 Å². The van der Waals surface area contributed by atoms with E-state index in [2.05, 4.69) is 6.07 Å². The van der Waals surface area contributed by atoms with Crippen molar-refractivity contribution in [1.82, 2.24) is 4.90 Å². The van der Waals surface area contributed by atoms with E-state index in [4.69, 9.17) is 5.26 Å². The molecule has 116 valence electrons. The fourth-order valence-corrected chi connectivity index (χ4v) is 2.22. The summed E-state index contributed by atoms with van der Waals surface area (Å²) in [6.45, 7) is 4.52. The summed E-state index contributed by atoms with van der Waals surface area (Å²) in [6, 6.07) is 19.3. The highest BCUT2D eigenvalue weighted by atomic mass is 16.2. The number of carbonyl (C=O) groups excluding carboxylic acids is 1. The second kappa shape index (κ2) is 7.95. The first-order valence-electron chi connectivity index (χ1n) is 7.63. The number of hydrogen-bond donors (Lipinski definition) is 0. The average molecular weight is 304 g/mol. The van der Waals surface area contributed by atoms with Gasteiger partial charge in [0.2, 0.25) is 5.91 Å². The second-order valence-electron chi connectivity index (χ2n) is 5.61. The van der Waals surface area contributed by atoms with Crippen LogP contribution in [-0.4, -0.2) is 16.8 Å². The number of benzene rings is 2. The summed E-state index contributed by atoms with van der Waals surface area (Å²) >= 11 is 0. The third-order valence-corrected chi connectivity index (χ3v) is 3.56. The van der Waals surface area contributed by atoms with E-state index in [1.807, 2.05) is 62.4 Å². The smallest absolute Gasteiger partial charge is 0.247 e. The summed E-state index contributed by atoms with van der Waals surface area (Å²) in [5, 5.41) is 8.84. The SMILES string of the molecule is CC(C)N(Cc1ccc(C#N)cc1)C(=O)/C=C/c1ccccc1. The lowest BCUT2D eigenvalue weighted by molar-refractivity contribution is -0.128. The molecule has 0 aliphatic rings. The molecule has 0 N–H and O–H groups in total. The molecule has 23 heavy (non-hydrogen) atoms. The van der Waals surface area contributed by atoms with Gasteiger partial charge in [0.1, 0.15) is 0 Å². The molecule has 0 saturated carbocycles. The zero-order valence-electron chi connectivity index (χ0n) is 13.4. The van der Waals surface area contributed by atoms with Crippen molar-refractivity contribution in [3.8, 4) is 6.07 Å². The van der Waals surface area contributed by atoms with Crippen molar-refractivity contribution >= 4 is 12.0 Å². The summed E-state index contributed by atoms with van der Waals surface area (Å²) in [6.07, 6.45) is 3.44. The van der Waals surface area contributed by atoms with Gasteiger partial charge in [-0.15, -0.1) is 0 Å². The number of nitrogens with zero attached hydrogens (tertiary/aromatic N) is 2. The molecule has 0 atom stereocenters. The van der Waals surface area contributed by atoms with Crippen LogP contribution in [0.4, 0.5) is 0 Å². The molecule has 0 aliphatic carbocycles. The van der Waals surface area contributed by atoms with Crippen molar-refractivity contribution < 1.29 is 4.79 Å². The molecule has 0 fully saturated rings. The molecule has 0 radical (unpaired) electrons. The zero-order chi connectivity index (χ0) is 16.7. The van der Waals surface area contributed by atoms with Crippen molar-refractivity contribution in [3.63, 3.8) is 0 Å². The molecule has 0 heterocycles. The summed E-state index contributed by atoms with van der Waals surface area (Å²) in [5.74, 6) is -0.0202. The molecule has 2 aromatic rings. The molecule has 0 spiro atoms. The Morgan fingerprint density at radius 1 is 1.13 bits per heavy atom. The molecule has 0 aliphatic heterocycles. The third-order valence-electron chi connectivity index (χ3n) is 3.56. The summed E-state index contributed by atoms with van der Waals surface area (Å²) < 4.78 is 0. The van der Waals surface area contributed by atoms with Gasteiger partial charge in [0.05, 0.1) is 11.6 Å². The minimum Gasteiger partial charge on any atom is -0.332 e. The summed E-state index contributed by atoms with van der Waals surface area (Å²) in [5.41, 5.74) is 2.64. The lowest BCUT2D eigenvalue weighted by atomic mass is 10.1. The monoisotopic (exact) mass is 304 g/mol. The first kappa shape index (κ1) is 16.5. The highest BCUT2D eigenvalue weighted by Gasteiger charge is 2.14. The Morgan fingerprint density at radius 2 is 1.78 bits per heavy atom. The van der Waals surface area contributed by atoms with Crippen LogP contribution in [0.5, 0.6) is 0 Å². The molecule has 3 nitrogen and oxygen atoms in total. The highest BCUT2D eigenvalue weighted by Crippen LogP contribution is 2.11. The molecule has 3 heteroatoms. The van der Waals surface area contributed by atoms with Gasteiger partial charge < -0.3 is 4.90 Å². The Morgan fingerprint density at radius 3 is 2.35 bits per heavy atom. The quantitative estimate of drug-likeness (QED) is 0.783. The highest BCUT2D eigenvalue weighted by molar-refractivity contribution is 5.91. The first-order valence-corrected chi connectivity index (χ1v) is 7.63. The van der Waals surface area contributed by atoms with E-state index in [0.29, 0.717) is 12.1 Å². The predicted molar refractivity (Wildman–Crippen MR) is 92.3 cm³/mol. The van der Waals surface area contributed by atoms with E-state index in [1.54, 1.807) is 23.1 Å². The lowest BCUT2D eigenvalue weighted by Gasteiger charge is -2.25. The van der Waals surface area contributed by atoms with Gasteiger partial charge in [-0.3, -0.25) is 4.79 Å². The molecular weight excluding hydrogens is 284 g/mol. The van der Waals surface area contributed by atoms with E-state index in [1.165, 1.54) is 0 Å². The van der Waals surface area contributed by atoms with Crippen molar-refractivity contribution in [2.24, 2.45) is 0 Å². The number of carbonyl (C=O) groups is 1. The Bertz CT molecular complexity index is 710. The van der Waals surface area contributed by atoms with Crippen LogP contribution in [-0.2, 0) is 11.3 Å². The maximum Gasteiger partial charge on any atom is 0.247 e. The van der Waals surface area contributed by atoms with Crippen molar-refractivity contribution in [2.75, 3.05) is 0 Å². The fraction of sp³-hybridized carbons (Fsp3) is 0.200. The van der Waals surface area contributed by atoms with E-state index in [0.717, 1.165) is 11.1 Å². The Labute approximate surface area is 137 Å². The van der Waals surface area contributed by atoms with Crippen LogP contribution >= 0.6 is 0 Å². The Kier molecular flexibility index (Phi) is 5.71. The van der Waals surface area contributed by atoms with E-state index >= 15 is 0 Å². The van der Waals surface area contributed by atoms with Crippen molar-refractivity contribution in [3.05, 3.63) is 77.4 Å². The Balaban J connectivity index is 2.09. The number of hydrogen-bond acceptors (Lipinski definition) is 2. The van der Waals surface area contributed by atoms with Crippen LogP contribution in [0.15, 0.2) is 60.7 Å². The molecule has 0 bridgehead atoms. The molecule has 0 aromatic heterocycles. The maximum atomic E-state index is 12.5. The second-order valence-corrected chi connectivity index (χ2v) is 5.61. The van der Waals surface area contributed by atoms with Gasteiger partial charge >= 0.3 is 0 Å². The number of amides is 1.